The summed E-state index contributed by atoms with van der Waals surface area (Å²) in [5, 5.41) is 1.07. The molecule has 1 aromatic rings. The SMILES string of the molecule is CC1CN(C2CCN(C(=O)CCCOc3ccc(Cl)cc3Cl)CC2)CCO1. The number of piperidine rings is 1. The molecule has 1 amide bonds. The Bertz CT molecular complexity index is 636. The summed E-state index contributed by atoms with van der Waals surface area (Å²) in [6, 6.07) is 5.73. The molecule has 0 spiro atoms. The fourth-order valence-corrected chi connectivity index (χ4v) is 4.28. The molecule has 1 unspecified atom stereocenters. The molecule has 0 aliphatic carbocycles. The predicted octanol–water partition coefficient (Wildman–Crippen LogP) is 3.86. The molecule has 0 bridgehead atoms. The van der Waals surface area contributed by atoms with Crippen molar-refractivity contribution in [3.63, 3.8) is 0 Å². The van der Waals surface area contributed by atoms with Crippen LogP contribution in [0.1, 0.15) is 32.6 Å². The minimum absolute atomic E-state index is 0.217. The van der Waals surface area contributed by atoms with Gasteiger partial charge in [0, 0.05) is 43.7 Å². The lowest BCUT2D eigenvalue weighted by Gasteiger charge is -2.41. The number of halogens is 2. The first-order valence-electron chi connectivity index (χ1n) is 9.74. The summed E-state index contributed by atoms with van der Waals surface area (Å²) in [5.74, 6) is 0.823. The van der Waals surface area contributed by atoms with Gasteiger partial charge in [0.1, 0.15) is 5.75 Å². The van der Waals surface area contributed by atoms with E-state index in [1.807, 2.05) is 4.90 Å². The number of benzene rings is 1. The summed E-state index contributed by atoms with van der Waals surface area (Å²) in [4.78, 5) is 17.0. The number of morpholine rings is 1. The van der Waals surface area contributed by atoms with Crippen molar-refractivity contribution >= 4 is 29.1 Å². The van der Waals surface area contributed by atoms with Crippen molar-refractivity contribution in [1.82, 2.24) is 9.80 Å². The lowest BCUT2D eigenvalue weighted by molar-refractivity contribution is -0.133. The molecule has 0 N–H and O–H groups in total. The molecule has 7 heteroatoms. The van der Waals surface area contributed by atoms with Crippen LogP contribution in [0.5, 0.6) is 5.75 Å². The summed E-state index contributed by atoms with van der Waals surface area (Å²) >= 11 is 12.0. The predicted molar refractivity (Wildman–Crippen MR) is 108 cm³/mol. The Morgan fingerprint density at radius 1 is 1.26 bits per heavy atom. The Hall–Kier alpha value is -1.01. The van der Waals surface area contributed by atoms with E-state index >= 15 is 0 Å². The maximum Gasteiger partial charge on any atom is 0.222 e. The highest BCUT2D eigenvalue weighted by molar-refractivity contribution is 6.35. The van der Waals surface area contributed by atoms with Crippen LogP contribution in [0.15, 0.2) is 18.2 Å². The van der Waals surface area contributed by atoms with Crippen LogP contribution in [0.3, 0.4) is 0 Å². The molecule has 27 heavy (non-hydrogen) atoms. The maximum absolute atomic E-state index is 12.4. The number of hydrogen-bond acceptors (Lipinski definition) is 4. The standard InChI is InChI=1S/C20H28Cl2N2O3/c1-15-14-24(10-12-26-15)17-6-8-23(9-7-17)20(25)3-2-11-27-19-5-4-16(21)13-18(19)22/h4-5,13,15,17H,2-3,6-12,14H2,1H3. The summed E-state index contributed by atoms with van der Waals surface area (Å²) in [7, 11) is 0. The van der Waals surface area contributed by atoms with Crippen LogP contribution in [-0.2, 0) is 9.53 Å². The molecule has 5 nitrogen and oxygen atoms in total. The summed E-state index contributed by atoms with van der Waals surface area (Å²) in [6.45, 7) is 7.12. The molecule has 0 aromatic heterocycles. The average molecular weight is 415 g/mol. The van der Waals surface area contributed by atoms with Gasteiger partial charge in [-0.25, -0.2) is 0 Å². The number of carbonyl (C=O) groups excluding carboxylic acids is 1. The molecule has 150 valence electrons. The third-order valence-electron chi connectivity index (χ3n) is 5.29. The van der Waals surface area contributed by atoms with Crippen LogP contribution in [0.25, 0.3) is 0 Å². The lowest BCUT2D eigenvalue weighted by Crippen LogP contribution is -2.51. The number of amides is 1. The van der Waals surface area contributed by atoms with Crippen molar-refractivity contribution in [3.05, 3.63) is 28.2 Å². The Balaban J connectivity index is 1.34. The molecule has 2 fully saturated rings. The molecule has 1 atom stereocenters. The van der Waals surface area contributed by atoms with Gasteiger partial charge in [-0.3, -0.25) is 9.69 Å². The van der Waals surface area contributed by atoms with Crippen LogP contribution >= 0.6 is 23.2 Å². The van der Waals surface area contributed by atoms with E-state index in [4.69, 9.17) is 32.7 Å². The molecule has 0 radical (unpaired) electrons. The summed E-state index contributed by atoms with van der Waals surface area (Å²) in [6.07, 6.45) is 3.60. The van der Waals surface area contributed by atoms with Crippen molar-refractivity contribution in [2.45, 2.75) is 44.8 Å². The molecule has 2 aliphatic rings. The summed E-state index contributed by atoms with van der Waals surface area (Å²) < 4.78 is 11.3. The van der Waals surface area contributed by atoms with Crippen LogP contribution in [0.4, 0.5) is 0 Å². The van der Waals surface area contributed by atoms with Gasteiger partial charge in [-0.05, 0) is 44.4 Å². The number of carbonyl (C=O) groups is 1. The fourth-order valence-electron chi connectivity index (χ4n) is 3.81. The topological polar surface area (TPSA) is 42.0 Å². The third kappa shape index (κ3) is 5.98. The van der Waals surface area contributed by atoms with Gasteiger partial charge < -0.3 is 14.4 Å². The Morgan fingerprint density at radius 2 is 2.04 bits per heavy atom. The highest BCUT2D eigenvalue weighted by Gasteiger charge is 2.29. The second-order valence-corrected chi connectivity index (χ2v) is 8.16. The highest BCUT2D eigenvalue weighted by atomic mass is 35.5. The highest BCUT2D eigenvalue weighted by Crippen LogP contribution is 2.27. The molecular weight excluding hydrogens is 387 g/mol. The molecule has 0 saturated carbocycles. The Labute approximate surface area is 171 Å². The van der Waals surface area contributed by atoms with E-state index in [1.165, 1.54) is 0 Å². The van der Waals surface area contributed by atoms with Crippen molar-refractivity contribution in [3.8, 4) is 5.75 Å². The van der Waals surface area contributed by atoms with E-state index in [1.54, 1.807) is 18.2 Å². The summed E-state index contributed by atoms with van der Waals surface area (Å²) in [5.41, 5.74) is 0. The smallest absolute Gasteiger partial charge is 0.222 e. The van der Waals surface area contributed by atoms with Crippen LogP contribution in [0, 0.1) is 0 Å². The normalized spacial score (nSPS) is 22.0. The van der Waals surface area contributed by atoms with Crippen molar-refractivity contribution in [1.29, 1.82) is 0 Å². The number of hydrogen-bond donors (Lipinski definition) is 0. The van der Waals surface area contributed by atoms with Crippen molar-refractivity contribution < 1.29 is 14.3 Å². The minimum Gasteiger partial charge on any atom is -0.492 e. The molecule has 2 aliphatic heterocycles. The largest absolute Gasteiger partial charge is 0.492 e. The molecule has 1 aromatic carbocycles. The van der Waals surface area contributed by atoms with E-state index < -0.39 is 0 Å². The van der Waals surface area contributed by atoms with E-state index in [-0.39, 0.29) is 5.91 Å². The van der Waals surface area contributed by atoms with E-state index in [9.17, 15) is 4.79 Å². The lowest BCUT2D eigenvalue weighted by atomic mass is 10.0. The van der Waals surface area contributed by atoms with Gasteiger partial charge in [-0.15, -0.1) is 0 Å². The van der Waals surface area contributed by atoms with E-state index in [2.05, 4.69) is 11.8 Å². The van der Waals surface area contributed by atoms with Gasteiger partial charge in [0.2, 0.25) is 5.91 Å². The fraction of sp³-hybridized carbons (Fsp3) is 0.650. The zero-order valence-corrected chi connectivity index (χ0v) is 17.3. The van der Waals surface area contributed by atoms with Crippen LogP contribution < -0.4 is 4.74 Å². The molecular formula is C20H28Cl2N2O3. The van der Waals surface area contributed by atoms with Gasteiger partial charge in [-0.1, -0.05) is 23.2 Å². The third-order valence-corrected chi connectivity index (χ3v) is 5.82. The monoisotopic (exact) mass is 414 g/mol. The Kier molecular flexibility index (Phi) is 7.65. The van der Waals surface area contributed by atoms with Crippen LogP contribution in [0.2, 0.25) is 10.0 Å². The molecule has 2 saturated heterocycles. The van der Waals surface area contributed by atoms with Crippen molar-refractivity contribution in [2.24, 2.45) is 0 Å². The molecule has 2 heterocycles. The van der Waals surface area contributed by atoms with Crippen molar-refractivity contribution in [2.75, 3.05) is 39.4 Å². The first-order valence-corrected chi connectivity index (χ1v) is 10.5. The second kappa shape index (κ2) is 9.97. The van der Waals surface area contributed by atoms with Gasteiger partial charge in [0.15, 0.2) is 0 Å². The number of rotatable bonds is 6. The zero-order valence-electron chi connectivity index (χ0n) is 15.8. The number of nitrogens with zero attached hydrogens (tertiary/aromatic N) is 2. The zero-order chi connectivity index (χ0) is 19.2. The second-order valence-electron chi connectivity index (χ2n) is 7.32. The van der Waals surface area contributed by atoms with E-state index in [0.717, 1.165) is 45.6 Å². The quantitative estimate of drug-likeness (QED) is 0.662. The first-order chi connectivity index (χ1) is 13.0. The number of likely N-dealkylation sites (tertiary alicyclic amines) is 1. The Morgan fingerprint density at radius 3 is 2.74 bits per heavy atom. The van der Waals surface area contributed by atoms with E-state index in [0.29, 0.717) is 47.4 Å². The average Bonchev–Trinajstić information content (AvgIpc) is 2.66. The van der Waals surface area contributed by atoms with Gasteiger partial charge in [-0.2, -0.15) is 0 Å². The van der Waals surface area contributed by atoms with Gasteiger partial charge in [0.25, 0.3) is 0 Å². The number of ether oxygens (including phenoxy) is 2. The van der Waals surface area contributed by atoms with Gasteiger partial charge in [0.05, 0.1) is 24.3 Å². The first kappa shape index (κ1) is 20.7. The molecule has 3 rings (SSSR count). The van der Waals surface area contributed by atoms with Gasteiger partial charge >= 0.3 is 0 Å². The van der Waals surface area contributed by atoms with Crippen LogP contribution in [-0.4, -0.2) is 67.2 Å². The minimum atomic E-state index is 0.217. The maximum atomic E-state index is 12.4.